The Morgan fingerprint density at radius 3 is 2.37 bits per heavy atom. The van der Waals surface area contributed by atoms with E-state index in [-0.39, 0.29) is 17.4 Å². The van der Waals surface area contributed by atoms with Crippen LogP contribution in [0.5, 0.6) is 0 Å². The Bertz CT molecular complexity index is 299. The molecule has 0 radical (unpaired) electrons. The minimum absolute atomic E-state index is 0.0354. The average molecular weight is 265 g/mol. The summed E-state index contributed by atoms with van der Waals surface area (Å²) in [6.07, 6.45) is 8.08. The molecule has 0 aliphatic rings. The van der Waals surface area contributed by atoms with E-state index < -0.39 is 0 Å². The van der Waals surface area contributed by atoms with Crippen LogP contribution in [-0.2, 0) is 4.79 Å². The van der Waals surface area contributed by atoms with E-state index in [1.807, 2.05) is 13.0 Å². The standard InChI is InChI=1S/C17H31NO/c1-7-8-9-10-11-12-15(14(2)3)18-16(19)13-17(4,5)6/h7,15H,1-2,8-13H2,3-6H3,(H,18,19)/t15-/m0/s1. The third kappa shape index (κ3) is 10.5. The first-order chi connectivity index (χ1) is 8.76. The largest absolute Gasteiger partial charge is 0.350 e. The quantitative estimate of drug-likeness (QED) is 0.478. The molecule has 0 saturated heterocycles. The van der Waals surface area contributed by atoms with Gasteiger partial charge < -0.3 is 5.32 Å². The number of allylic oxidation sites excluding steroid dienone is 1. The summed E-state index contributed by atoms with van der Waals surface area (Å²) in [5, 5.41) is 3.11. The van der Waals surface area contributed by atoms with Gasteiger partial charge in [0, 0.05) is 12.5 Å². The molecule has 0 aromatic heterocycles. The Morgan fingerprint density at radius 2 is 1.89 bits per heavy atom. The zero-order valence-electron chi connectivity index (χ0n) is 13.2. The Morgan fingerprint density at radius 1 is 1.26 bits per heavy atom. The molecule has 2 nitrogen and oxygen atoms in total. The minimum atomic E-state index is 0.0354. The van der Waals surface area contributed by atoms with Crippen LogP contribution < -0.4 is 5.32 Å². The SMILES string of the molecule is C=CCCCCC[C@H](NC(=O)CC(C)(C)C)C(=C)C. The van der Waals surface area contributed by atoms with E-state index in [0.717, 1.165) is 24.8 Å². The second-order valence-corrected chi connectivity index (χ2v) is 6.63. The summed E-state index contributed by atoms with van der Waals surface area (Å²) in [6.45, 7) is 15.9. The first-order valence-corrected chi connectivity index (χ1v) is 7.32. The highest BCUT2D eigenvalue weighted by Gasteiger charge is 2.19. The highest BCUT2D eigenvalue weighted by Crippen LogP contribution is 2.19. The van der Waals surface area contributed by atoms with Gasteiger partial charge in [0.15, 0.2) is 0 Å². The summed E-state index contributed by atoms with van der Waals surface area (Å²) in [6, 6.07) is 0.124. The average Bonchev–Trinajstić information content (AvgIpc) is 2.24. The molecular formula is C17H31NO. The van der Waals surface area contributed by atoms with Crippen molar-refractivity contribution in [2.24, 2.45) is 5.41 Å². The molecule has 0 aromatic carbocycles. The van der Waals surface area contributed by atoms with Gasteiger partial charge in [-0.3, -0.25) is 4.79 Å². The van der Waals surface area contributed by atoms with Gasteiger partial charge in [-0.25, -0.2) is 0 Å². The smallest absolute Gasteiger partial charge is 0.220 e. The number of unbranched alkanes of at least 4 members (excludes halogenated alkanes) is 3. The maximum absolute atomic E-state index is 11.9. The van der Waals surface area contributed by atoms with Crippen molar-refractivity contribution in [1.82, 2.24) is 5.32 Å². The van der Waals surface area contributed by atoms with Crippen LogP contribution in [0.1, 0.15) is 66.2 Å². The van der Waals surface area contributed by atoms with Gasteiger partial charge in [0.25, 0.3) is 0 Å². The lowest BCUT2D eigenvalue weighted by Gasteiger charge is -2.22. The second-order valence-electron chi connectivity index (χ2n) is 6.63. The lowest BCUT2D eigenvalue weighted by atomic mass is 9.91. The molecule has 1 N–H and O–H groups in total. The Labute approximate surface area is 119 Å². The maximum Gasteiger partial charge on any atom is 0.220 e. The van der Waals surface area contributed by atoms with Crippen LogP contribution in [0.15, 0.2) is 24.8 Å². The molecule has 2 heteroatoms. The van der Waals surface area contributed by atoms with Crippen molar-refractivity contribution >= 4 is 5.91 Å². The Kier molecular flexibility index (Phi) is 8.46. The number of carbonyl (C=O) groups is 1. The highest BCUT2D eigenvalue weighted by atomic mass is 16.1. The molecule has 0 bridgehead atoms. The molecule has 0 fully saturated rings. The number of hydrogen-bond acceptors (Lipinski definition) is 1. The summed E-state index contributed by atoms with van der Waals surface area (Å²) in [4.78, 5) is 11.9. The van der Waals surface area contributed by atoms with Gasteiger partial charge in [-0.05, 0) is 31.6 Å². The molecular weight excluding hydrogens is 234 g/mol. The van der Waals surface area contributed by atoms with Gasteiger partial charge in [0.1, 0.15) is 0 Å². The van der Waals surface area contributed by atoms with Crippen molar-refractivity contribution in [2.45, 2.75) is 72.3 Å². The molecule has 0 aromatic rings. The molecule has 1 atom stereocenters. The van der Waals surface area contributed by atoms with Crippen molar-refractivity contribution in [3.05, 3.63) is 24.8 Å². The van der Waals surface area contributed by atoms with Crippen molar-refractivity contribution in [2.75, 3.05) is 0 Å². The molecule has 0 spiro atoms. The molecule has 0 unspecified atom stereocenters. The predicted octanol–water partition coefficient (Wildman–Crippen LogP) is 4.62. The molecule has 0 heterocycles. The molecule has 0 aliphatic heterocycles. The van der Waals surface area contributed by atoms with Gasteiger partial charge in [0.05, 0.1) is 0 Å². The maximum atomic E-state index is 11.9. The topological polar surface area (TPSA) is 29.1 Å². The second kappa shape index (κ2) is 8.95. The van der Waals surface area contributed by atoms with Crippen LogP contribution in [0.3, 0.4) is 0 Å². The molecule has 1 amide bonds. The number of hydrogen-bond donors (Lipinski definition) is 1. The fourth-order valence-corrected chi connectivity index (χ4v) is 1.98. The fraction of sp³-hybridized carbons (Fsp3) is 0.706. The van der Waals surface area contributed by atoms with E-state index in [1.54, 1.807) is 0 Å². The van der Waals surface area contributed by atoms with Crippen LogP contribution in [0.25, 0.3) is 0 Å². The first-order valence-electron chi connectivity index (χ1n) is 7.32. The Balaban J connectivity index is 4.08. The van der Waals surface area contributed by atoms with Crippen LogP contribution in [0.4, 0.5) is 0 Å². The zero-order chi connectivity index (χ0) is 14.9. The van der Waals surface area contributed by atoms with Gasteiger partial charge in [0.2, 0.25) is 5.91 Å². The van der Waals surface area contributed by atoms with Crippen LogP contribution in [0, 0.1) is 5.41 Å². The van der Waals surface area contributed by atoms with Crippen molar-refractivity contribution in [3.63, 3.8) is 0 Å². The third-order valence-corrected chi connectivity index (χ3v) is 3.02. The highest BCUT2D eigenvalue weighted by molar-refractivity contribution is 5.77. The Hall–Kier alpha value is -1.05. The summed E-state index contributed by atoms with van der Waals surface area (Å²) in [5.74, 6) is 0.131. The van der Waals surface area contributed by atoms with Crippen molar-refractivity contribution < 1.29 is 4.79 Å². The fourth-order valence-electron chi connectivity index (χ4n) is 1.98. The van der Waals surface area contributed by atoms with Gasteiger partial charge in [-0.2, -0.15) is 0 Å². The summed E-state index contributed by atoms with van der Waals surface area (Å²) >= 11 is 0. The number of rotatable bonds is 9. The van der Waals surface area contributed by atoms with Gasteiger partial charge >= 0.3 is 0 Å². The number of carbonyl (C=O) groups excluding carboxylic acids is 1. The molecule has 0 saturated carbocycles. The minimum Gasteiger partial charge on any atom is -0.350 e. The van der Waals surface area contributed by atoms with Gasteiger partial charge in [-0.15, -0.1) is 6.58 Å². The van der Waals surface area contributed by atoms with E-state index in [4.69, 9.17) is 0 Å². The van der Waals surface area contributed by atoms with Crippen LogP contribution in [-0.4, -0.2) is 11.9 Å². The van der Waals surface area contributed by atoms with Gasteiger partial charge in [-0.1, -0.05) is 51.8 Å². The molecule has 19 heavy (non-hydrogen) atoms. The molecule has 0 rings (SSSR count). The first kappa shape index (κ1) is 17.9. The predicted molar refractivity (Wildman–Crippen MR) is 84.1 cm³/mol. The number of amides is 1. The molecule has 110 valence electrons. The number of nitrogens with one attached hydrogen (secondary N) is 1. The van der Waals surface area contributed by atoms with E-state index >= 15 is 0 Å². The van der Waals surface area contributed by atoms with E-state index in [0.29, 0.717) is 6.42 Å². The lowest BCUT2D eigenvalue weighted by Crippen LogP contribution is -2.37. The van der Waals surface area contributed by atoms with E-state index in [2.05, 4.69) is 39.2 Å². The summed E-state index contributed by atoms with van der Waals surface area (Å²) < 4.78 is 0. The monoisotopic (exact) mass is 265 g/mol. The summed E-state index contributed by atoms with van der Waals surface area (Å²) in [7, 11) is 0. The lowest BCUT2D eigenvalue weighted by molar-refractivity contribution is -0.123. The van der Waals surface area contributed by atoms with Crippen molar-refractivity contribution in [3.8, 4) is 0 Å². The van der Waals surface area contributed by atoms with Crippen molar-refractivity contribution in [1.29, 1.82) is 0 Å². The van der Waals surface area contributed by atoms with Crippen LogP contribution in [0.2, 0.25) is 0 Å². The van der Waals surface area contributed by atoms with E-state index in [9.17, 15) is 4.79 Å². The molecule has 0 aliphatic carbocycles. The zero-order valence-corrected chi connectivity index (χ0v) is 13.2. The normalized spacial score (nSPS) is 12.8. The van der Waals surface area contributed by atoms with Crippen LogP contribution >= 0.6 is 0 Å². The van der Waals surface area contributed by atoms with E-state index in [1.165, 1.54) is 12.8 Å². The third-order valence-electron chi connectivity index (χ3n) is 3.02. The summed E-state index contributed by atoms with van der Waals surface area (Å²) in [5.41, 5.74) is 1.08.